The van der Waals surface area contributed by atoms with Gasteiger partial charge in [-0.2, -0.15) is 0 Å². The van der Waals surface area contributed by atoms with Crippen molar-refractivity contribution in [3.05, 3.63) is 0 Å². The van der Waals surface area contributed by atoms with E-state index in [0.29, 0.717) is 0 Å². The molecule has 0 N–H and O–H groups in total. The van der Waals surface area contributed by atoms with Crippen molar-refractivity contribution in [2.75, 3.05) is 34.3 Å². The molecule has 9 heavy (non-hydrogen) atoms. The van der Waals surface area contributed by atoms with E-state index in [-0.39, 0.29) is 30.6 Å². The van der Waals surface area contributed by atoms with Crippen LogP contribution in [-0.2, 0) is 0 Å². The minimum Gasteiger partial charge on any atom is -0.854 e. The van der Waals surface area contributed by atoms with E-state index in [1.807, 2.05) is 0 Å². The molecule has 0 saturated carbocycles. The molecular formula is C6H16INO. The highest BCUT2D eigenvalue weighted by Gasteiger charge is 2.01. The summed E-state index contributed by atoms with van der Waals surface area (Å²) in [6.07, 6.45) is 0.795. The molecule has 0 aromatic carbocycles. The molecule has 0 aliphatic rings. The molecule has 2 nitrogen and oxygen atoms in total. The van der Waals surface area contributed by atoms with Crippen LogP contribution in [0.5, 0.6) is 0 Å². The van der Waals surface area contributed by atoms with Crippen LogP contribution in [0.4, 0.5) is 0 Å². The smallest absolute Gasteiger partial charge is 0.0767 e. The number of hydrogen-bond acceptors (Lipinski definition) is 1. The Kier molecular flexibility index (Phi) is 7.45. The number of rotatable bonds is 3. The summed E-state index contributed by atoms with van der Waals surface area (Å²) in [5.41, 5.74) is 0. The Morgan fingerprint density at radius 2 is 1.67 bits per heavy atom. The van der Waals surface area contributed by atoms with Crippen LogP contribution >= 0.6 is 24.0 Å². The second-order valence-electron chi connectivity index (χ2n) is 3.07. The maximum atomic E-state index is 9.97. The Balaban J connectivity index is 0. The first-order chi connectivity index (χ1) is 3.56. The average molecular weight is 245 g/mol. The van der Waals surface area contributed by atoms with Gasteiger partial charge in [-0.1, -0.05) is 0 Å². The lowest BCUT2D eigenvalue weighted by Gasteiger charge is -2.24. The maximum Gasteiger partial charge on any atom is 0.0767 e. The van der Waals surface area contributed by atoms with Gasteiger partial charge in [0.1, 0.15) is 0 Å². The molecule has 0 fully saturated rings. The second kappa shape index (κ2) is 5.44. The molecule has 0 bridgehead atoms. The molecule has 58 valence electrons. The molecule has 0 saturated heterocycles. The van der Waals surface area contributed by atoms with Crippen LogP contribution < -0.4 is 5.11 Å². The van der Waals surface area contributed by atoms with Gasteiger partial charge in [0.25, 0.3) is 0 Å². The van der Waals surface area contributed by atoms with Crippen molar-refractivity contribution in [1.29, 1.82) is 0 Å². The van der Waals surface area contributed by atoms with Crippen molar-refractivity contribution >= 4 is 24.0 Å². The zero-order chi connectivity index (χ0) is 6.62. The highest BCUT2D eigenvalue weighted by atomic mass is 127. The van der Waals surface area contributed by atoms with Gasteiger partial charge in [-0.25, -0.2) is 0 Å². The molecule has 0 amide bonds. The van der Waals surface area contributed by atoms with Gasteiger partial charge in [0.15, 0.2) is 0 Å². The van der Waals surface area contributed by atoms with Gasteiger partial charge >= 0.3 is 0 Å². The van der Waals surface area contributed by atoms with E-state index in [1.165, 1.54) is 0 Å². The van der Waals surface area contributed by atoms with Gasteiger partial charge in [-0.05, 0) is 6.42 Å². The van der Waals surface area contributed by atoms with Crippen LogP contribution in [0.1, 0.15) is 6.42 Å². The lowest BCUT2D eigenvalue weighted by atomic mass is 10.4. The highest BCUT2D eigenvalue weighted by Crippen LogP contribution is 1.90. The third kappa shape index (κ3) is 12.0. The SMILES string of the molecule is C[N+](C)(C)CCC[O-].I. The monoisotopic (exact) mass is 245 g/mol. The third-order valence-corrected chi connectivity index (χ3v) is 0.973. The summed E-state index contributed by atoms with van der Waals surface area (Å²) in [5.74, 6) is 0. The van der Waals surface area contributed by atoms with E-state index in [2.05, 4.69) is 21.1 Å². The molecule has 0 unspecified atom stereocenters. The molecule has 0 aliphatic carbocycles. The zero-order valence-electron chi connectivity index (χ0n) is 6.39. The van der Waals surface area contributed by atoms with Crippen molar-refractivity contribution in [1.82, 2.24) is 0 Å². The highest BCUT2D eigenvalue weighted by molar-refractivity contribution is 14.0. The minimum absolute atomic E-state index is 0. The number of nitrogens with zero attached hydrogens (tertiary/aromatic N) is 1. The largest absolute Gasteiger partial charge is 0.854 e. The third-order valence-electron chi connectivity index (χ3n) is 0.973. The summed E-state index contributed by atoms with van der Waals surface area (Å²) >= 11 is 0. The molecule has 0 aliphatic heterocycles. The van der Waals surface area contributed by atoms with Gasteiger partial charge in [0.2, 0.25) is 0 Å². The van der Waals surface area contributed by atoms with Crippen molar-refractivity contribution in [2.24, 2.45) is 0 Å². The number of halogens is 1. The fraction of sp³-hybridized carbons (Fsp3) is 1.00. The fourth-order valence-electron chi connectivity index (χ4n) is 0.539. The van der Waals surface area contributed by atoms with E-state index in [0.717, 1.165) is 17.4 Å². The summed E-state index contributed by atoms with van der Waals surface area (Å²) in [7, 11) is 6.28. The van der Waals surface area contributed by atoms with Crippen molar-refractivity contribution in [3.63, 3.8) is 0 Å². The number of quaternary nitrogens is 1. The first kappa shape index (κ1) is 12.3. The Morgan fingerprint density at radius 3 is 1.78 bits per heavy atom. The first-order valence-electron chi connectivity index (χ1n) is 2.95. The van der Waals surface area contributed by atoms with Crippen molar-refractivity contribution in [3.8, 4) is 0 Å². The van der Waals surface area contributed by atoms with Crippen LogP contribution in [-0.4, -0.2) is 38.8 Å². The van der Waals surface area contributed by atoms with Crippen molar-refractivity contribution < 1.29 is 9.59 Å². The summed E-state index contributed by atoms with van der Waals surface area (Å²) in [5, 5.41) is 9.97. The van der Waals surface area contributed by atoms with Crippen LogP contribution in [0.2, 0.25) is 0 Å². The summed E-state index contributed by atoms with van der Waals surface area (Å²) in [6, 6.07) is 0. The molecule has 0 aromatic heterocycles. The first-order valence-corrected chi connectivity index (χ1v) is 2.95. The predicted octanol–water partition coefficient (Wildman–Crippen LogP) is 0.0610. The quantitative estimate of drug-likeness (QED) is 0.509. The van der Waals surface area contributed by atoms with Crippen molar-refractivity contribution in [2.45, 2.75) is 6.42 Å². The lowest BCUT2D eigenvalue weighted by Crippen LogP contribution is -2.36. The van der Waals surface area contributed by atoms with Crippen LogP contribution in [0.25, 0.3) is 0 Å². The van der Waals surface area contributed by atoms with Gasteiger partial charge in [0, 0.05) is 0 Å². The lowest BCUT2D eigenvalue weighted by molar-refractivity contribution is -0.871. The predicted molar refractivity (Wildman–Crippen MR) is 47.8 cm³/mol. The molecule has 0 rings (SSSR count). The minimum atomic E-state index is 0. The van der Waals surface area contributed by atoms with E-state index < -0.39 is 0 Å². The van der Waals surface area contributed by atoms with Crippen LogP contribution in [0, 0.1) is 0 Å². The topological polar surface area (TPSA) is 23.1 Å². The molecular weight excluding hydrogens is 229 g/mol. The average Bonchev–Trinajstić information content (AvgIpc) is 1.59. The van der Waals surface area contributed by atoms with E-state index >= 15 is 0 Å². The summed E-state index contributed by atoms with van der Waals surface area (Å²) in [4.78, 5) is 0. The summed E-state index contributed by atoms with van der Waals surface area (Å²) < 4.78 is 0.905. The van der Waals surface area contributed by atoms with E-state index in [1.54, 1.807) is 0 Å². The summed E-state index contributed by atoms with van der Waals surface area (Å²) in [6.45, 7) is 1.05. The maximum absolute atomic E-state index is 9.97. The van der Waals surface area contributed by atoms with Gasteiger partial charge in [-0.3, -0.25) is 0 Å². The van der Waals surface area contributed by atoms with Crippen LogP contribution in [0.3, 0.4) is 0 Å². The van der Waals surface area contributed by atoms with Gasteiger partial charge < -0.3 is 9.59 Å². The Hall–Kier alpha value is 0.650. The molecule has 0 radical (unpaired) electrons. The van der Waals surface area contributed by atoms with E-state index in [4.69, 9.17) is 0 Å². The molecule has 0 atom stereocenters. The molecule has 3 heteroatoms. The van der Waals surface area contributed by atoms with Gasteiger partial charge in [-0.15, -0.1) is 30.6 Å². The molecule has 0 spiro atoms. The fourth-order valence-corrected chi connectivity index (χ4v) is 0.539. The van der Waals surface area contributed by atoms with E-state index in [9.17, 15) is 5.11 Å². The molecule has 0 heterocycles. The van der Waals surface area contributed by atoms with Gasteiger partial charge in [0.05, 0.1) is 27.7 Å². The molecule has 0 aromatic rings. The Bertz CT molecular complexity index is 60.6. The standard InChI is InChI=1S/C6H15NO.HI/c1-7(2,3)5-4-6-8;/h4-6H2,1-3H3;1H. The van der Waals surface area contributed by atoms with Crippen LogP contribution in [0.15, 0.2) is 0 Å². The number of hydrogen-bond donors (Lipinski definition) is 0. The normalized spacial score (nSPS) is 10.7. The Labute approximate surface area is 74.5 Å². The zero-order valence-corrected chi connectivity index (χ0v) is 8.72. The second-order valence-corrected chi connectivity index (χ2v) is 3.07. The Morgan fingerprint density at radius 1 is 1.22 bits per heavy atom.